The molecule has 1 aromatic carbocycles. The molecule has 70 valence electrons. The summed E-state index contributed by atoms with van der Waals surface area (Å²) in [7, 11) is 0. The highest BCUT2D eigenvalue weighted by molar-refractivity contribution is 6.31. The maximum atomic E-state index is 12.6. The second kappa shape index (κ2) is 3.67. The quantitative estimate of drug-likeness (QED) is 0.724. The van der Waals surface area contributed by atoms with E-state index in [1.54, 1.807) is 12.1 Å². The van der Waals surface area contributed by atoms with Crippen LogP contribution in [0, 0.1) is 5.82 Å². The molecule has 0 saturated carbocycles. The fourth-order valence-corrected chi connectivity index (χ4v) is 1.24. The molecule has 0 unspecified atom stereocenters. The molecule has 0 atom stereocenters. The molecule has 0 N–H and O–H groups in total. The van der Waals surface area contributed by atoms with E-state index in [9.17, 15) is 4.39 Å². The second-order valence-electron chi connectivity index (χ2n) is 2.61. The predicted octanol–water partition coefficient (Wildman–Crippen LogP) is 2.33. The number of hydrogen-bond acceptors (Lipinski definition) is 3. The number of benzene rings is 1. The molecular weight excluding hydrogens is 205 g/mol. The van der Waals surface area contributed by atoms with Crippen LogP contribution in [0.25, 0.3) is 11.3 Å². The van der Waals surface area contributed by atoms with Crippen molar-refractivity contribution in [3.05, 3.63) is 41.6 Å². The average Bonchev–Trinajstić information content (AvgIpc) is 2.20. The molecule has 0 aliphatic carbocycles. The summed E-state index contributed by atoms with van der Waals surface area (Å²) >= 11 is 5.79. The third-order valence-electron chi connectivity index (χ3n) is 1.69. The van der Waals surface area contributed by atoms with Crippen LogP contribution in [0.1, 0.15) is 0 Å². The van der Waals surface area contributed by atoms with Gasteiger partial charge in [0.25, 0.3) is 0 Å². The molecule has 3 nitrogen and oxygen atoms in total. The lowest BCUT2D eigenvalue weighted by atomic mass is 10.2. The molecule has 2 aromatic rings. The van der Waals surface area contributed by atoms with Gasteiger partial charge in [-0.05, 0) is 24.3 Å². The maximum Gasteiger partial charge on any atom is 0.159 e. The van der Waals surface area contributed by atoms with Crippen molar-refractivity contribution in [3.63, 3.8) is 0 Å². The van der Waals surface area contributed by atoms with E-state index in [1.807, 2.05) is 0 Å². The van der Waals surface area contributed by atoms with E-state index in [1.165, 1.54) is 18.5 Å². The Morgan fingerprint density at radius 3 is 2.50 bits per heavy atom. The number of hydrogen-bond donors (Lipinski definition) is 0. The SMILES string of the molecule is Fc1ccc(-c2nncnc2Cl)cc1. The van der Waals surface area contributed by atoms with Crippen molar-refractivity contribution in [1.29, 1.82) is 0 Å². The van der Waals surface area contributed by atoms with Crippen LogP contribution >= 0.6 is 11.6 Å². The minimum absolute atomic E-state index is 0.256. The summed E-state index contributed by atoms with van der Waals surface area (Å²) < 4.78 is 12.6. The van der Waals surface area contributed by atoms with Gasteiger partial charge in [0.1, 0.15) is 17.8 Å². The molecule has 0 spiro atoms. The number of halogens is 2. The zero-order valence-electron chi connectivity index (χ0n) is 6.98. The Labute approximate surface area is 84.6 Å². The van der Waals surface area contributed by atoms with Gasteiger partial charge >= 0.3 is 0 Å². The normalized spacial score (nSPS) is 10.1. The Balaban J connectivity index is 2.50. The molecule has 0 saturated heterocycles. The van der Waals surface area contributed by atoms with Gasteiger partial charge in [-0.15, -0.1) is 10.2 Å². The molecule has 1 heterocycles. The van der Waals surface area contributed by atoms with E-state index < -0.39 is 0 Å². The molecule has 14 heavy (non-hydrogen) atoms. The van der Waals surface area contributed by atoms with Crippen molar-refractivity contribution in [2.75, 3.05) is 0 Å². The third kappa shape index (κ3) is 1.70. The summed E-state index contributed by atoms with van der Waals surface area (Å²) in [6, 6.07) is 5.82. The van der Waals surface area contributed by atoms with Gasteiger partial charge in [-0.3, -0.25) is 0 Å². The summed E-state index contributed by atoms with van der Waals surface area (Å²) in [6.07, 6.45) is 1.26. The first-order valence-corrected chi connectivity index (χ1v) is 4.24. The average molecular weight is 210 g/mol. The van der Waals surface area contributed by atoms with E-state index in [2.05, 4.69) is 15.2 Å². The van der Waals surface area contributed by atoms with E-state index in [-0.39, 0.29) is 11.0 Å². The van der Waals surface area contributed by atoms with Gasteiger partial charge in [0.05, 0.1) is 0 Å². The Bertz CT molecular complexity index is 444. The van der Waals surface area contributed by atoms with Crippen LogP contribution in [0.15, 0.2) is 30.6 Å². The minimum Gasteiger partial charge on any atom is -0.220 e. The molecule has 0 radical (unpaired) electrons. The fraction of sp³-hybridized carbons (Fsp3) is 0. The van der Waals surface area contributed by atoms with Gasteiger partial charge in [-0.2, -0.15) is 0 Å². The third-order valence-corrected chi connectivity index (χ3v) is 1.97. The second-order valence-corrected chi connectivity index (χ2v) is 2.96. The smallest absolute Gasteiger partial charge is 0.159 e. The highest BCUT2D eigenvalue weighted by Gasteiger charge is 2.05. The van der Waals surface area contributed by atoms with E-state index >= 15 is 0 Å². The van der Waals surface area contributed by atoms with Gasteiger partial charge in [0.15, 0.2) is 5.15 Å². The Kier molecular flexibility index (Phi) is 2.37. The van der Waals surface area contributed by atoms with Gasteiger partial charge in [-0.1, -0.05) is 11.6 Å². The largest absolute Gasteiger partial charge is 0.220 e. The van der Waals surface area contributed by atoms with E-state index in [0.717, 1.165) is 0 Å². The van der Waals surface area contributed by atoms with Crippen molar-refractivity contribution >= 4 is 11.6 Å². The summed E-state index contributed by atoms with van der Waals surface area (Å²) in [6.45, 7) is 0. The zero-order valence-corrected chi connectivity index (χ0v) is 7.74. The lowest BCUT2D eigenvalue weighted by Gasteiger charge is -1.99. The van der Waals surface area contributed by atoms with Gasteiger partial charge < -0.3 is 0 Å². The molecule has 0 aliphatic heterocycles. The lowest BCUT2D eigenvalue weighted by Crippen LogP contribution is -1.90. The molecule has 5 heteroatoms. The van der Waals surface area contributed by atoms with Crippen molar-refractivity contribution in [1.82, 2.24) is 15.2 Å². The van der Waals surface area contributed by atoms with Crippen LogP contribution < -0.4 is 0 Å². The van der Waals surface area contributed by atoms with E-state index in [0.29, 0.717) is 11.3 Å². The van der Waals surface area contributed by atoms with Crippen molar-refractivity contribution < 1.29 is 4.39 Å². The summed E-state index contributed by atoms with van der Waals surface area (Å²) in [4.78, 5) is 3.78. The molecule has 2 rings (SSSR count). The van der Waals surface area contributed by atoms with E-state index in [4.69, 9.17) is 11.6 Å². The first kappa shape index (κ1) is 9.02. The van der Waals surface area contributed by atoms with Crippen LogP contribution in [-0.2, 0) is 0 Å². The molecule has 0 fully saturated rings. The Morgan fingerprint density at radius 2 is 1.86 bits per heavy atom. The van der Waals surface area contributed by atoms with Crippen LogP contribution in [0.3, 0.4) is 0 Å². The summed E-state index contributed by atoms with van der Waals surface area (Å²) in [5.41, 5.74) is 1.14. The van der Waals surface area contributed by atoms with Crippen molar-refractivity contribution in [2.45, 2.75) is 0 Å². The fourth-order valence-electron chi connectivity index (χ4n) is 1.05. The number of nitrogens with zero attached hydrogens (tertiary/aromatic N) is 3. The lowest BCUT2D eigenvalue weighted by molar-refractivity contribution is 0.628. The topological polar surface area (TPSA) is 38.7 Å². The first-order valence-electron chi connectivity index (χ1n) is 3.86. The molecule has 1 aromatic heterocycles. The summed E-state index contributed by atoms with van der Waals surface area (Å²) in [5, 5.41) is 7.67. The molecular formula is C9H5ClFN3. The van der Waals surface area contributed by atoms with Crippen LogP contribution in [0.5, 0.6) is 0 Å². The Morgan fingerprint density at radius 1 is 1.14 bits per heavy atom. The molecule has 0 aliphatic rings. The van der Waals surface area contributed by atoms with Crippen LogP contribution in [-0.4, -0.2) is 15.2 Å². The number of rotatable bonds is 1. The number of aromatic nitrogens is 3. The van der Waals surface area contributed by atoms with Gasteiger partial charge in [0.2, 0.25) is 0 Å². The maximum absolute atomic E-state index is 12.6. The monoisotopic (exact) mass is 209 g/mol. The van der Waals surface area contributed by atoms with Crippen molar-refractivity contribution in [2.24, 2.45) is 0 Å². The van der Waals surface area contributed by atoms with Crippen LogP contribution in [0.2, 0.25) is 5.15 Å². The first-order chi connectivity index (χ1) is 6.77. The highest BCUT2D eigenvalue weighted by Crippen LogP contribution is 2.22. The van der Waals surface area contributed by atoms with Gasteiger partial charge in [0, 0.05) is 5.56 Å². The van der Waals surface area contributed by atoms with Gasteiger partial charge in [-0.25, -0.2) is 9.37 Å². The van der Waals surface area contributed by atoms with Crippen LogP contribution in [0.4, 0.5) is 4.39 Å². The zero-order chi connectivity index (χ0) is 9.97. The predicted molar refractivity (Wildman–Crippen MR) is 50.2 cm³/mol. The summed E-state index contributed by atoms with van der Waals surface area (Å²) in [5.74, 6) is -0.304. The highest BCUT2D eigenvalue weighted by atomic mass is 35.5. The molecule has 0 bridgehead atoms. The standard InChI is InChI=1S/C9H5ClFN3/c10-9-8(14-13-5-12-9)6-1-3-7(11)4-2-6/h1-5H. The molecule has 0 amide bonds. The minimum atomic E-state index is -0.304. The Hall–Kier alpha value is -1.55. The van der Waals surface area contributed by atoms with Crippen molar-refractivity contribution in [3.8, 4) is 11.3 Å².